The maximum absolute atomic E-state index is 12.0. The van der Waals surface area contributed by atoms with Gasteiger partial charge >= 0.3 is 5.97 Å². The lowest BCUT2D eigenvalue weighted by Crippen LogP contribution is -2.49. The molecule has 1 fully saturated rings. The molecule has 0 spiro atoms. The maximum atomic E-state index is 12.0. The summed E-state index contributed by atoms with van der Waals surface area (Å²) in [5, 5.41) is 12.1. The van der Waals surface area contributed by atoms with Crippen LogP contribution in [-0.2, 0) is 14.3 Å². The average Bonchev–Trinajstić information content (AvgIpc) is 2.76. The number of carboxylic acid groups (broad SMARTS) is 1. The zero-order valence-electron chi connectivity index (χ0n) is 11.2. The van der Waals surface area contributed by atoms with Gasteiger partial charge in [0.25, 0.3) is 0 Å². The first kappa shape index (κ1) is 14.9. The Balaban J connectivity index is 2.64. The normalized spacial score (nSPS) is 23.3. The summed E-state index contributed by atoms with van der Waals surface area (Å²) in [7, 11) is 0. The molecule has 2 atom stereocenters. The number of ether oxygens (including phenoxy) is 1. The highest BCUT2D eigenvalue weighted by Crippen LogP contribution is 2.20. The van der Waals surface area contributed by atoms with Crippen LogP contribution < -0.4 is 5.32 Å². The fourth-order valence-electron chi connectivity index (χ4n) is 2.07. The van der Waals surface area contributed by atoms with Crippen LogP contribution >= 0.6 is 0 Å². The molecule has 1 saturated heterocycles. The van der Waals surface area contributed by atoms with Gasteiger partial charge in [0, 0.05) is 12.6 Å². The van der Waals surface area contributed by atoms with Crippen LogP contribution in [0.15, 0.2) is 0 Å². The third-order valence-electron chi connectivity index (χ3n) is 3.09. The Labute approximate surface area is 107 Å². The number of nitrogens with one attached hydrogen (secondary N) is 1. The standard InChI is InChI=1S/C12H22N2O4/c1-4-14(11(15)5-13-8(2)3)10-7-18-6-9(10)12(16)17/h8-10,13H,4-7H2,1-3H3,(H,16,17). The Morgan fingerprint density at radius 1 is 1.44 bits per heavy atom. The number of aliphatic carboxylic acids is 1. The lowest BCUT2D eigenvalue weighted by atomic mass is 10.0. The van der Waals surface area contributed by atoms with Gasteiger partial charge in [-0.25, -0.2) is 0 Å². The van der Waals surface area contributed by atoms with Crippen molar-refractivity contribution in [1.29, 1.82) is 0 Å². The first-order chi connectivity index (χ1) is 8.47. The van der Waals surface area contributed by atoms with Crippen molar-refractivity contribution in [3.05, 3.63) is 0 Å². The average molecular weight is 258 g/mol. The molecule has 0 aromatic heterocycles. The van der Waals surface area contributed by atoms with Gasteiger partial charge in [-0.1, -0.05) is 13.8 Å². The van der Waals surface area contributed by atoms with E-state index in [0.29, 0.717) is 13.2 Å². The molecule has 104 valence electrons. The largest absolute Gasteiger partial charge is 0.481 e. The van der Waals surface area contributed by atoms with Crippen LogP contribution in [0.1, 0.15) is 20.8 Å². The quantitative estimate of drug-likeness (QED) is 0.697. The summed E-state index contributed by atoms with van der Waals surface area (Å²) in [5.74, 6) is -1.60. The molecular weight excluding hydrogens is 236 g/mol. The summed E-state index contributed by atoms with van der Waals surface area (Å²) in [6, 6.07) is -0.128. The van der Waals surface area contributed by atoms with Crippen molar-refractivity contribution in [3.8, 4) is 0 Å². The molecule has 0 radical (unpaired) electrons. The van der Waals surface area contributed by atoms with E-state index in [0.717, 1.165) is 0 Å². The first-order valence-electron chi connectivity index (χ1n) is 6.30. The van der Waals surface area contributed by atoms with E-state index in [1.54, 1.807) is 4.90 Å². The second-order valence-corrected chi connectivity index (χ2v) is 4.76. The Morgan fingerprint density at radius 3 is 2.61 bits per heavy atom. The van der Waals surface area contributed by atoms with Gasteiger partial charge in [-0.3, -0.25) is 9.59 Å². The van der Waals surface area contributed by atoms with Crippen LogP contribution in [0.3, 0.4) is 0 Å². The molecule has 1 amide bonds. The molecule has 0 saturated carbocycles. The molecule has 0 aliphatic carbocycles. The van der Waals surface area contributed by atoms with Crippen LogP contribution in [-0.4, -0.2) is 60.3 Å². The minimum absolute atomic E-state index is 0.0760. The minimum Gasteiger partial charge on any atom is -0.481 e. The van der Waals surface area contributed by atoms with E-state index in [1.807, 2.05) is 20.8 Å². The number of carboxylic acids is 1. The van der Waals surface area contributed by atoms with Gasteiger partial charge in [-0.05, 0) is 6.92 Å². The van der Waals surface area contributed by atoms with Crippen LogP contribution in [0.2, 0.25) is 0 Å². The maximum Gasteiger partial charge on any atom is 0.311 e. The van der Waals surface area contributed by atoms with E-state index in [1.165, 1.54) is 0 Å². The lowest BCUT2D eigenvalue weighted by Gasteiger charge is -2.29. The minimum atomic E-state index is -0.902. The van der Waals surface area contributed by atoms with Gasteiger partial charge in [-0.15, -0.1) is 0 Å². The highest BCUT2D eigenvalue weighted by Gasteiger charge is 2.39. The first-order valence-corrected chi connectivity index (χ1v) is 6.30. The van der Waals surface area contributed by atoms with Crippen molar-refractivity contribution in [1.82, 2.24) is 10.2 Å². The zero-order chi connectivity index (χ0) is 13.7. The van der Waals surface area contributed by atoms with E-state index >= 15 is 0 Å². The number of carbonyl (C=O) groups excluding carboxylic acids is 1. The summed E-state index contributed by atoms with van der Waals surface area (Å²) in [4.78, 5) is 24.7. The SMILES string of the molecule is CCN(C(=O)CNC(C)C)C1COCC1C(=O)O. The lowest BCUT2D eigenvalue weighted by molar-refractivity contribution is -0.144. The fraction of sp³-hybridized carbons (Fsp3) is 0.833. The molecule has 1 aliphatic rings. The molecular formula is C12H22N2O4. The third kappa shape index (κ3) is 3.68. The molecule has 1 rings (SSSR count). The molecule has 1 heterocycles. The summed E-state index contributed by atoms with van der Waals surface area (Å²) < 4.78 is 5.19. The Kier molecular flexibility index (Phi) is 5.55. The van der Waals surface area contributed by atoms with E-state index in [-0.39, 0.29) is 31.1 Å². The van der Waals surface area contributed by atoms with Gasteiger partial charge in [0.15, 0.2) is 0 Å². The van der Waals surface area contributed by atoms with Crippen LogP contribution in [0.4, 0.5) is 0 Å². The van der Waals surface area contributed by atoms with Gasteiger partial charge < -0.3 is 20.1 Å². The van der Waals surface area contributed by atoms with Crippen molar-refractivity contribution in [2.75, 3.05) is 26.3 Å². The molecule has 1 aliphatic heterocycles. The topological polar surface area (TPSA) is 78.9 Å². The highest BCUT2D eigenvalue weighted by molar-refractivity contribution is 5.80. The summed E-state index contributed by atoms with van der Waals surface area (Å²) >= 11 is 0. The number of amides is 1. The molecule has 6 heteroatoms. The smallest absolute Gasteiger partial charge is 0.311 e. The van der Waals surface area contributed by atoms with E-state index in [9.17, 15) is 9.59 Å². The van der Waals surface area contributed by atoms with Crippen molar-refractivity contribution in [3.63, 3.8) is 0 Å². The molecule has 6 nitrogen and oxygen atoms in total. The molecule has 0 bridgehead atoms. The molecule has 0 aromatic rings. The number of carbonyl (C=O) groups is 2. The number of nitrogens with zero attached hydrogens (tertiary/aromatic N) is 1. The summed E-state index contributed by atoms with van der Waals surface area (Å²) in [6.45, 7) is 6.99. The van der Waals surface area contributed by atoms with Gasteiger partial charge in [0.2, 0.25) is 5.91 Å². The monoisotopic (exact) mass is 258 g/mol. The number of rotatable bonds is 6. The Hall–Kier alpha value is -1.14. The predicted molar refractivity (Wildman–Crippen MR) is 66.3 cm³/mol. The number of likely N-dealkylation sites (N-methyl/N-ethyl adjacent to an activating group) is 1. The molecule has 18 heavy (non-hydrogen) atoms. The number of hydrogen-bond donors (Lipinski definition) is 2. The van der Waals surface area contributed by atoms with Gasteiger partial charge in [0.1, 0.15) is 5.92 Å². The van der Waals surface area contributed by atoms with Crippen molar-refractivity contribution >= 4 is 11.9 Å². The van der Waals surface area contributed by atoms with E-state index < -0.39 is 11.9 Å². The predicted octanol–water partition coefficient (Wildman–Crippen LogP) is -0.0675. The Bertz CT molecular complexity index is 306. The van der Waals surface area contributed by atoms with Crippen molar-refractivity contribution in [2.24, 2.45) is 5.92 Å². The molecule has 2 unspecified atom stereocenters. The van der Waals surface area contributed by atoms with Crippen molar-refractivity contribution in [2.45, 2.75) is 32.9 Å². The second kappa shape index (κ2) is 6.70. The molecule has 2 N–H and O–H groups in total. The number of hydrogen-bond acceptors (Lipinski definition) is 4. The van der Waals surface area contributed by atoms with Crippen LogP contribution in [0, 0.1) is 5.92 Å². The summed E-state index contributed by atoms with van der Waals surface area (Å²) in [5.41, 5.74) is 0. The van der Waals surface area contributed by atoms with Crippen LogP contribution in [0.25, 0.3) is 0 Å². The van der Waals surface area contributed by atoms with Gasteiger partial charge in [-0.2, -0.15) is 0 Å². The fourth-order valence-corrected chi connectivity index (χ4v) is 2.07. The van der Waals surface area contributed by atoms with E-state index in [4.69, 9.17) is 9.84 Å². The molecule has 0 aromatic carbocycles. The highest BCUT2D eigenvalue weighted by atomic mass is 16.5. The van der Waals surface area contributed by atoms with E-state index in [2.05, 4.69) is 5.32 Å². The van der Waals surface area contributed by atoms with Gasteiger partial charge in [0.05, 0.1) is 25.8 Å². The van der Waals surface area contributed by atoms with Crippen LogP contribution in [0.5, 0.6) is 0 Å². The Morgan fingerprint density at radius 2 is 2.11 bits per heavy atom. The third-order valence-corrected chi connectivity index (χ3v) is 3.09. The second-order valence-electron chi connectivity index (χ2n) is 4.76. The van der Waals surface area contributed by atoms with Crippen molar-refractivity contribution < 1.29 is 19.4 Å². The zero-order valence-corrected chi connectivity index (χ0v) is 11.2. The summed E-state index contributed by atoms with van der Waals surface area (Å²) in [6.07, 6.45) is 0.